The van der Waals surface area contributed by atoms with Crippen molar-refractivity contribution in [1.29, 1.82) is 0 Å². The van der Waals surface area contributed by atoms with Crippen molar-refractivity contribution < 1.29 is 4.42 Å². The smallest absolute Gasteiger partial charge is 0.160 e. The maximum atomic E-state index is 6.50. The van der Waals surface area contributed by atoms with E-state index in [2.05, 4.69) is 153 Å². The number of hydrogen-bond donors (Lipinski definition) is 0. The number of hydrogen-bond acceptors (Lipinski definition) is 3. The molecule has 10 aromatic rings. The Balaban J connectivity index is 1.13. The van der Waals surface area contributed by atoms with Crippen molar-refractivity contribution in [2.45, 2.75) is 19.3 Å². The van der Waals surface area contributed by atoms with Crippen LogP contribution in [0.1, 0.15) is 25.0 Å². The van der Waals surface area contributed by atoms with Gasteiger partial charge in [0.15, 0.2) is 5.82 Å². The molecule has 1 aliphatic rings. The van der Waals surface area contributed by atoms with Gasteiger partial charge in [-0.1, -0.05) is 166 Å². The molecule has 0 spiro atoms. The van der Waals surface area contributed by atoms with Crippen molar-refractivity contribution >= 4 is 43.5 Å². The van der Waals surface area contributed by atoms with Gasteiger partial charge in [-0.15, -0.1) is 0 Å². The predicted octanol–water partition coefficient (Wildman–Crippen LogP) is 13.7. The summed E-state index contributed by atoms with van der Waals surface area (Å²) in [5, 5.41) is 7.13. The molecule has 0 atom stereocenters. The number of rotatable bonds is 4. The van der Waals surface area contributed by atoms with E-state index in [4.69, 9.17) is 14.4 Å². The molecule has 0 bridgehead atoms. The van der Waals surface area contributed by atoms with Crippen LogP contribution in [0.4, 0.5) is 0 Å². The third-order valence-electron chi connectivity index (χ3n) is 11.5. The highest BCUT2D eigenvalue weighted by atomic mass is 16.3. The summed E-state index contributed by atoms with van der Waals surface area (Å²) in [4.78, 5) is 10.5. The Morgan fingerprint density at radius 2 is 0.963 bits per heavy atom. The van der Waals surface area contributed by atoms with Crippen LogP contribution in [0.5, 0.6) is 0 Å². The van der Waals surface area contributed by atoms with Crippen molar-refractivity contribution in [3.63, 3.8) is 0 Å². The quantitative estimate of drug-likeness (QED) is 0.184. The van der Waals surface area contributed by atoms with Crippen LogP contribution in [0.15, 0.2) is 174 Å². The first kappa shape index (κ1) is 30.8. The molecule has 0 amide bonds. The minimum atomic E-state index is -0.189. The molecule has 0 unspecified atom stereocenters. The Kier molecular flexibility index (Phi) is 6.60. The summed E-state index contributed by atoms with van der Waals surface area (Å²) in [6, 6.07) is 60.4. The van der Waals surface area contributed by atoms with Crippen molar-refractivity contribution in [3.8, 4) is 56.2 Å². The summed E-state index contributed by atoms with van der Waals surface area (Å²) < 4.78 is 6.50. The summed E-state index contributed by atoms with van der Waals surface area (Å²) in [5.74, 6) is 0.678. The van der Waals surface area contributed by atoms with Gasteiger partial charge in [-0.2, -0.15) is 0 Å². The minimum Gasteiger partial charge on any atom is -0.455 e. The third kappa shape index (κ3) is 4.48. The van der Waals surface area contributed by atoms with E-state index in [-0.39, 0.29) is 5.41 Å². The van der Waals surface area contributed by atoms with Crippen molar-refractivity contribution in [2.75, 3.05) is 0 Å². The van der Waals surface area contributed by atoms with E-state index in [0.29, 0.717) is 5.82 Å². The van der Waals surface area contributed by atoms with Crippen LogP contribution < -0.4 is 0 Å². The minimum absolute atomic E-state index is 0.189. The van der Waals surface area contributed by atoms with Gasteiger partial charge in [0, 0.05) is 32.9 Å². The Labute approximate surface area is 313 Å². The Hall–Kier alpha value is -6.84. The van der Waals surface area contributed by atoms with Gasteiger partial charge in [0.05, 0.1) is 11.4 Å². The summed E-state index contributed by atoms with van der Waals surface area (Å²) >= 11 is 0. The fourth-order valence-corrected chi connectivity index (χ4v) is 9.11. The van der Waals surface area contributed by atoms with Crippen LogP contribution >= 0.6 is 0 Å². The highest BCUT2D eigenvalue weighted by Gasteiger charge is 2.39. The van der Waals surface area contributed by atoms with Crippen LogP contribution in [-0.2, 0) is 5.41 Å². The number of para-hydroxylation sites is 2. The molecule has 254 valence electrons. The molecule has 0 saturated carbocycles. The van der Waals surface area contributed by atoms with Crippen LogP contribution in [0.25, 0.3) is 99.6 Å². The molecule has 3 nitrogen and oxygen atoms in total. The van der Waals surface area contributed by atoms with Gasteiger partial charge in [0.1, 0.15) is 11.2 Å². The summed E-state index contributed by atoms with van der Waals surface area (Å²) in [5.41, 5.74) is 14.1. The molecular formula is C51H34N2O. The number of fused-ring (bicyclic) bond motifs is 9. The molecule has 0 fully saturated rings. The third-order valence-corrected chi connectivity index (χ3v) is 11.5. The van der Waals surface area contributed by atoms with Crippen LogP contribution in [0.3, 0.4) is 0 Å². The Bertz CT molecular complexity index is 3130. The molecule has 3 heteroatoms. The summed E-state index contributed by atoms with van der Waals surface area (Å²) in [6.07, 6.45) is 0. The van der Waals surface area contributed by atoms with E-state index in [1.807, 2.05) is 30.3 Å². The van der Waals surface area contributed by atoms with Crippen molar-refractivity contribution in [1.82, 2.24) is 9.97 Å². The average Bonchev–Trinajstić information content (AvgIpc) is 3.73. The predicted molar refractivity (Wildman–Crippen MR) is 224 cm³/mol. The zero-order chi connectivity index (χ0) is 36.0. The average molecular weight is 691 g/mol. The van der Waals surface area contributed by atoms with Crippen LogP contribution in [0.2, 0.25) is 0 Å². The number of aromatic nitrogens is 2. The molecule has 11 rings (SSSR count). The molecule has 0 N–H and O–H groups in total. The number of benzene rings is 8. The van der Waals surface area contributed by atoms with Crippen LogP contribution in [0, 0.1) is 0 Å². The second kappa shape index (κ2) is 11.6. The van der Waals surface area contributed by atoms with Gasteiger partial charge in [0.25, 0.3) is 0 Å². The lowest BCUT2D eigenvalue weighted by Gasteiger charge is -2.26. The molecule has 2 aromatic heterocycles. The van der Waals surface area contributed by atoms with Gasteiger partial charge in [-0.05, 0) is 73.1 Å². The maximum absolute atomic E-state index is 6.50. The van der Waals surface area contributed by atoms with Gasteiger partial charge in [0.2, 0.25) is 0 Å². The van der Waals surface area contributed by atoms with Crippen molar-refractivity contribution in [3.05, 3.63) is 181 Å². The van der Waals surface area contributed by atoms with Gasteiger partial charge < -0.3 is 4.42 Å². The highest BCUT2D eigenvalue weighted by Crippen LogP contribution is 2.55. The first-order valence-corrected chi connectivity index (χ1v) is 18.6. The van der Waals surface area contributed by atoms with E-state index in [9.17, 15) is 0 Å². The zero-order valence-corrected chi connectivity index (χ0v) is 30.0. The van der Waals surface area contributed by atoms with Gasteiger partial charge in [-0.3, -0.25) is 0 Å². The molecule has 0 radical (unpaired) electrons. The Morgan fingerprint density at radius 1 is 0.407 bits per heavy atom. The van der Waals surface area contributed by atoms with E-state index < -0.39 is 0 Å². The van der Waals surface area contributed by atoms with E-state index in [1.54, 1.807) is 0 Å². The van der Waals surface area contributed by atoms with E-state index in [0.717, 1.165) is 55.4 Å². The molecule has 8 aromatic carbocycles. The van der Waals surface area contributed by atoms with Crippen molar-refractivity contribution in [2.24, 2.45) is 0 Å². The standard InChI is InChI=1S/C51H34N2O/c1-51(2)47-33-17-7-6-14-31(33)26-27-41(47)40-22-12-21-39(48(40)51)36-28-29-37(35-19-9-8-18-34(35)36)44-30-45(53-50(52-44)32-15-4-3-5-16-32)43-24-13-23-42-38-20-10-11-25-46(38)54-49(42)43/h3-30H,1-2H3. The zero-order valence-electron chi connectivity index (χ0n) is 30.0. The second-order valence-electron chi connectivity index (χ2n) is 14.9. The SMILES string of the molecule is CC1(C)c2c(cccc2-c2ccc(-c3cc(-c4cccc5c4oc4ccccc45)nc(-c4ccccc4)n3)c3ccccc23)-c2ccc3ccccc3c21. The lowest BCUT2D eigenvalue weighted by atomic mass is 9.77. The number of furan rings is 1. The molecule has 54 heavy (non-hydrogen) atoms. The lowest BCUT2D eigenvalue weighted by molar-refractivity contribution is 0.668. The molecular weight excluding hydrogens is 657 g/mol. The maximum Gasteiger partial charge on any atom is 0.160 e. The first-order chi connectivity index (χ1) is 26.5. The summed E-state index contributed by atoms with van der Waals surface area (Å²) in [7, 11) is 0. The molecule has 0 aliphatic heterocycles. The normalized spacial score (nSPS) is 13.1. The first-order valence-electron chi connectivity index (χ1n) is 18.6. The topological polar surface area (TPSA) is 38.9 Å². The largest absolute Gasteiger partial charge is 0.455 e. The molecule has 2 heterocycles. The van der Waals surface area contributed by atoms with Gasteiger partial charge in [-0.25, -0.2) is 9.97 Å². The number of nitrogens with zero attached hydrogens (tertiary/aromatic N) is 2. The highest BCUT2D eigenvalue weighted by molar-refractivity contribution is 6.10. The van der Waals surface area contributed by atoms with E-state index in [1.165, 1.54) is 49.5 Å². The fraction of sp³-hybridized carbons (Fsp3) is 0.0588. The van der Waals surface area contributed by atoms with Crippen LogP contribution in [-0.4, -0.2) is 9.97 Å². The Morgan fingerprint density at radius 3 is 1.78 bits per heavy atom. The van der Waals surface area contributed by atoms with Gasteiger partial charge >= 0.3 is 0 Å². The fourth-order valence-electron chi connectivity index (χ4n) is 9.11. The monoisotopic (exact) mass is 690 g/mol. The molecule has 1 aliphatic carbocycles. The second-order valence-corrected chi connectivity index (χ2v) is 14.9. The molecule has 0 saturated heterocycles. The summed E-state index contributed by atoms with van der Waals surface area (Å²) in [6.45, 7) is 4.78. The lowest BCUT2D eigenvalue weighted by Crippen LogP contribution is -2.17. The van der Waals surface area contributed by atoms with E-state index >= 15 is 0 Å².